The predicted octanol–water partition coefficient (Wildman–Crippen LogP) is 3.67. The minimum atomic E-state index is 0.258. The van der Waals surface area contributed by atoms with E-state index >= 15 is 0 Å². The topological polar surface area (TPSA) is 15.3 Å². The van der Waals surface area contributed by atoms with Crippen LogP contribution in [-0.2, 0) is 0 Å². The Morgan fingerprint density at radius 2 is 1.59 bits per heavy atom. The van der Waals surface area contributed by atoms with Crippen molar-refractivity contribution in [3.05, 3.63) is 0 Å². The van der Waals surface area contributed by atoms with Crippen LogP contribution in [-0.4, -0.2) is 36.1 Å². The fraction of sp³-hybridized carbons (Fsp3) is 1.00. The second-order valence-electron chi connectivity index (χ2n) is 5.47. The number of likely N-dealkylation sites (N-methyl/N-ethyl adjacent to an activating group) is 1. The number of nitrogens with zero attached hydrogens (tertiary/aromatic N) is 1. The molecule has 0 aliphatic rings. The number of nitrogens with one attached hydrogen (secondary N) is 1. The Morgan fingerprint density at radius 1 is 1.00 bits per heavy atom. The first-order valence-electron chi connectivity index (χ1n) is 7.52. The lowest BCUT2D eigenvalue weighted by Crippen LogP contribution is -2.57. The highest BCUT2D eigenvalue weighted by atomic mass is 15.2. The number of hydrogen-bond donors (Lipinski definition) is 1. The summed E-state index contributed by atoms with van der Waals surface area (Å²) in [5, 5.41) is 3.75. The summed E-state index contributed by atoms with van der Waals surface area (Å²) in [5.74, 6) is 0. The Hall–Kier alpha value is -0.0800. The van der Waals surface area contributed by atoms with Crippen molar-refractivity contribution in [2.24, 2.45) is 0 Å². The van der Waals surface area contributed by atoms with Crippen LogP contribution in [0.25, 0.3) is 0 Å². The Morgan fingerprint density at radius 3 is 2.00 bits per heavy atom. The highest BCUT2D eigenvalue weighted by molar-refractivity contribution is 4.92. The Kier molecular flexibility index (Phi) is 8.89. The van der Waals surface area contributed by atoms with Gasteiger partial charge in [0.25, 0.3) is 0 Å². The van der Waals surface area contributed by atoms with Crippen LogP contribution in [0.1, 0.15) is 67.2 Å². The van der Waals surface area contributed by atoms with Gasteiger partial charge < -0.3 is 5.32 Å². The van der Waals surface area contributed by atoms with Crippen LogP contribution in [0.2, 0.25) is 0 Å². The molecule has 0 bridgehead atoms. The minimum absolute atomic E-state index is 0.258. The summed E-state index contributed by atoms with van der Waals surface area (Å²) >= 11 is 0. The van der Waals surface area contributed by atoms with Crippen LogP contribution in [0.15, 0.2) is 0 Å². The fourth-order valence-corrected chi connectivity index (χ4v) is 2.69. The predicted molar refractivity (Wildman–Crippen MR) is 78.6 cm³/mol. The van der Waals surface area contributed by atoms with Crippen molar-refractivity contribution in [2.75, 3.05) is 19.6 Å². The monoisotopic (exact) mass is 242 g/mol. The summed E-state index contributed by atoms with van der Waals surface area (Å²) in [6, 6.07) is 0.613. The van der Waals surface area contributed by atoms with Gasteiger partial charge in [-0.3, -0.25) is 4.90 Å². The summed E-state index contributed by atoms with van der Waals surface area (Å²) in [4.78, 5) is 2.58. The molecule has 104 valence electrons. The van der Waals surface area contributed by atoms with E-state index in [0.29, 0.717) is 6.04 Å². The van der Waals surface area contributed by atoms with Crippen LogP contribution in [0.3, 0.4) is 0 Å². The van der Waals surface area contributed by atoms with E-state index in [0.717, 1.165) is 19.6 Å². The van der Waals surface area contributed by atoms with Crippen LogP contribution < -0.4 is 5.32 Å². The molecule has 0 saturated carbocycles. The van der Waals surface area contributed by atoms with Crippen LogP contribution in [0.5, 0.6) is 0 Å². The molecule has 0 aromatic rings. The zero-order valence-electron chi connectivity index (χ0n) is 13.0. The normalized spacial score (nSPS) is 14.3. The first-order chi connectivity index (χ1) is 8.04. The molecule has 2 nitrogen and oxygen atoms in total. The smallest absolute Gasteiger partial charge is 0.0306 e. The molecule has 0 saturated heterocycles. The molecule has 0 aliphatic heterocycles. The van der Waals surface area contributed by atoms with Crippen molar-refractivity contribution < 1.29 is 0 Å². The van der Waals surface area contributed by atoms with E-state index in [4.69, 9.17) is 0 Å². The molecule has 1 atom stereocenters. The van der Waals surface area contributed by atoms with Crippen molar-refractivity contribution in [1.82, 2.24) is 10.2 Å². The van der Waals surface area contributed by atoms with Gasteiger partial charge in [-0.15, -0.1) is 0 Å². The molecule has 0 fully saturated rings. The third-order valence-corrected chi connectivity index (χ3v) is 3.92. The van der Waals surface area contributed by atoms with Crippen LogP contribution >= 0.6 is 0 Å². The molecule has 0 heterocycles. The van der Waals surface area contributed by atoms with E-state index in [9.17, 15) is 0 Å². The summed E-state index contributed by atoms with van der Waals surface area (Å²) in [6.45, 7) is 17.3. The number of unbranched alkanes of at least 4 members (excludes halogenated alkanes) is 1. The van der Waals surface area contributed by atoms with Gasteiger partial charge in [0, 0.05) is 11.6 Å². The minimum Gasteiger partial charge on any atom is -0.312 e. The maximum Gasteiger partial charge on any atom is 0.0306 e. The number of hydrogen-bond acceptors (Lipinski definition) is 2. The molecule has 2 heteroatoms. The third-order valence-electron chi connectivity index (χ3n) is 3.92. The second-order valence-corrected chi connectivity index (χ2v) is 5.47. The van der Waals surface area contributed by atoms with Gasteiger partial charge in [0.1, 0.15) is 0 Å². The zero-order valence-corrected chi connectivity index (χ0v) is 13.0. The maximum absolute atomic E-state index is 3.75. The quantitative estimate of drug-likeness (QED) is 0.629. The lowest BCUT2D eigenvalue weighted by atomic mass is 9.88. The average Bonchev–Trinajstić information content (AvgIpc) is 2.30. The SMILES string of the molecule is CCCCC(NCCC)C(C)(C)N(CC)CC. The lowest BCUT2D eigenvalue weighted by Gasteiger charge is -2.44. The molecule has 0 amide bonds. The molecule has 1 unspecified atom stereocenters. The second kappa shape index (κ2) is 8.93. The summed E-state index contributed by atoms with van der Waals surface area (Å²) in [5.41, 5.74) is 0.258. The standard InChI is InChI=1S/C15H34N2/c1-7-11-12-14(16-13-8-2)15(5,6)17(9-3)10-4/h14,16H,7-13H2,1-6H3. The first kappa shape index (κ1) is 16.9. The molecular formula is C15H34N2. The molecule has 0 aromatic heterocycles. The Labute approximate surface area is 109 Å². The van der Waals surface area contributed by atoms with E-state index in [2.05, 4.69) is 51.8 Å². The van der Waals surface area contributed by atoms with Gasteiger partial charge in [0.2, 0.25) is 0 Å². The molecule has 0 rings (SSSR count). The van der Waals surface area contributed by atoms with E-state index in [1.54, 1.807) is 0 Å². The summed E-state index contributed by atoms with van der Waals surface area (Å²) in [7, 11) is 0. The molecular weight excluding hydrogens is 208 g/mol. The van der Waals surface area contributed by atoms with Crippen molar-refractivity contribution in [3.63, 3.8) is 0 Å². The Balaban J connectivity index is 4.59. The highest BCUT2D eigenvalue weighted by Crippen LogP contribution is 2.22. The molecule has 0 radical (unpaired) electrons. The maximum atomic E-state index is 3.75. The Bertz CT molecular complexity index is 166. The number of rotatable bonds is 10. The van der Waals surface area contributed by atoms with Gasteiger partial charge in [0.15, 0.2) is 0 Å². The molecule has 0 aliphatic carbocycles. The van der Waals surface area contributed by atoms with Gasteiger partial charge in [-0.25, -0.2) is 0 Å². The largest absolute Gasteiger partial charge is 0.312 e. The lowest BCUT2D eigenvalue weighted by molar-refractivity contribution is 0.0865. The summed E-state index contributed by atoms with van der Waals surface area (Å²) in [6.07, 6.45) is 5.13. The van der Waals surface area contributed by atoms with Crippen LogP contribution in [0.4, 0.5) is 0 Å². The average molecular weight is 242 g/mol. The van der Waals surface area contributed by atoms with Crippen molar-refractivity contribution >= 4 is 0 Å². The first-order valence-corrected chi connectivity index (χ1v) is 7.52. The van der Waals surface area contributed by atoms with Gasteiger partial charge in [0.05, 0.1) is 0 Å². The molecule has 17 heavy (non-hydrogen) atoms. The molecule has 0 spiro atoms. The van der Waals surface area contributed by atoms with Gasteiger partial charge in [-0.1, -0.05) is 40.5 Å². The van der Waals surface area contributed by atoms with Gasteiger partial charge in [-0.2, -0.15) is 0 Å². The zero-order chi connectivity index (χ0) is 13.3. The van der Waals surface area contributed by atoms with Gasteiger partial charge in [-0.05, 0) is 46.3 Å². The van der Waals surface area contributed by atoms with Crippen LogP contribution in [0, 0.1) is 0 Å². The van der Waals surface area contributed by atoms with E-state index < -0.39 is 0 Å². The van der Waals surface area contributed by atoms with Gasteiger partial charge >= 0.3 is 0 Å². The summed E-state index contributed by atoms with van der Waals surface area (Å²) < 4.78 is 0. The molecule has 0 aromatic carbocycles. The van der Waals surface area contributed by atoms with E-state index in [1.165, 1.54) is 25.7 Å². The van der Waals surface area contributed by atoms with Crippen molar-refractivity contribution in [1.29, 1.82) is 0 Å². The highest BCUT2D eigenvalue weighted by Gasteiger charge is 2.32. The van der Waals surface area contributed by atoms with E-state index in [1.807, 2.05) is 0 Å². The third kappa shape index (κ3) is 5.39. The van der Waals surface area contributed by atoms with Crippen molar-refractivity contribution in [3.8, 4) is 0 Å². The molecule has 1 N–H and O–H groups in total. The fourth-order valence-electron chi connectivity index (χ4n) is 2.69. The van der Waals surface area contributed by atoms with Crippen molar-refractivity contribution in [2.45, 2.75) is 78.8 Å². The van der Waals surface area contributed by atoms with E-state index in [-0.39, 0.29) is 5.54 Å².